The van der Waals surface area contributed by atoms with Gasteiger partial charge >= 0.3 is 6.09 Å². The van der Waals surface area contributed by atoms with E-state index in [2.05, 4.69) is 23.8 Å². The third-order valence-electron chi connectivity index (χ3n) is 6.86. The fourth-order valence-corrected chi connectivity index (χ4v) is 4.48. The molecule has 2 rings (SSSR count). The number of unbranched alkanes of at least 4 members (excludes halogenated alkanes) is 2. The minimum Gasteiger partial charge on any atom is -0.496 e. The van der Waals surface area contributed by atoms with E-state index < -0.39 is 35.8 Å². The summed E-state index contributed by atoms with van der Waals surface area (Å²) in [4.78, 5) is 41.5. The zero-order chi connectivity index (χ0) is 30.6. The lowest BCUT2D eigenvalue weighted by Gasteiger charge is -2.32. The second kappa shape index (κ2) is 15.9. The third-order valence-corrected chi connectivity index (χ3v) is 6.86. The molecule has 2 N–H and O–H groups in total. The van der Waals surface area contributed by atoms with Crippen molar-refractivity contribution in [3.8, 4) is 11.5 Å². The smallest absolute Gasteiger partial charge is 0.411 e. The highest BCUT2D eigenvalue weighted by atomic mass is 16.6. The molecule has 9 heteroatoms. The maximum atomic E-state index is 13.8. The number of amides is 3. The molecule has 4 atom stereocenters. The largest absolute Gasteiger partial charge is 0.496 e. The van der Waals surface area contributed by atoms with Crippen molar-refractivity contribution in [2.75, 3.05) is 13.7 Å². The first-order chi connectivity index (χ1) is 19.4. The Labute approximate surface area is 245 Å². The van der Waals surface area contributed by atoms with E-state index in [1.165, 1.54) is 4.90 Å². The minimum absolute atomic E-state index is 0.152. The molecule has 1 aromatic carbocycles. The quantitative estimate of drug-likeness (QED) is 0.223. The van der Waals surface area contributed by atoms with Gasteiger partial charge in [0.2, 0.25) is 11.8 Å². The molecule has 0 aliphatic carbocycles. The molecule has 1 saturated heterocycles. The Morgan fingerprint density at radius 2 is 1.93 bits per heavy atom. The fourth-order valence-electron chi connectivity index (χ4n) is 4.48. The van der Waals surface area contributed by atoms with E-state index in [1.54, 1.807) is 58.4 Å². The van der Waals surface area contributed by atoms with Crippen molar-refractivity contribution < 1.29 is 28.6 Å². The molecule has 0 aromatic heterocycles. The average Bonchev–Trinajstić information content (AvgIpc) is 3.35. The summed E-state index contributed by atoms with van der Waals surface area (Å²) in [5.74, 6) is 0.192. The minimum atomic E-state index is -1.01. The molecule has 0 spiro atoms. The first-order valence-corrected chi connectivity index (χ1v) is 14.3. The highest BCUT2D eigenvalue weighted by molar-refractivity contribution is 5.92. The molecule has 1 aliphatic heterocycles. The van der Waals surface area contributed by atoms with Gasteiger partial charge in [-0.3, -0.25) is 14.5 Å². The van der Waals surface area contributed by atoms with Crippen LogP contribution in [-0.4, -0.2) is 60.3 Å². The molecule has 0 bridgehead atoms. The standard InChI is InChI=1S/C32H47N3O6/c1-9-12-13-14-15-19-33-29(36)27(22(4)10-2)34-30(37)28-26(18-20-35(28)31(38)41-32(5,6)7)40-24-16-17-25(39-8)23(11-3)21-24/h9,11,15-17,19,21-22,26-28H,1,3,10,12-14,18,20H2,2,4-8H3,(H,33,36)(H,34,37)/b19-15+/t22-,26-,27-,28-/m0/s1. The fraction of sp³-hybridized carbons (Fsp3) is 0.531. The van der Waals surface area contributed by atoms with Gasteiger partial charge in [0.15, 0.2) is 6.04 Å². The van der Waals surface area contributed by atoms with Gasteiger partial charge < -0.3 is 24.8 Å². The molecule has 1 aromatic rings. The number of nitrogens with one attached hydrogen (secondary N) is 2. The predicted octanol–water partition coefficient (Wildman–Crippen LogP) is 5.61. The molecule has 41 heavy (non-hydrogen) atoms. The molecule has 1 heterocycles. The van der Waals surface area contributed by atoms with E-state index in [1.807, 2.05) is 26.0 Å². The number of allylic oxidation sites excluding steroid dienone is 2. The van der Waals surface area contributed by atoms with E-state index in [0.29, 0.717) is 24.3 Å². The number of ether oxygens (including phenoxy) is 3. The average molecular weight is 570 g/mol. The van der Waals surface area contributed by atoms with Crippen LogP contribution in [-0.2, 0) is 14.3 Å². The van der Waals surface area contributed by atoms with Crippen molar-refractivity contribution in [2.45, 2.75) is 90.5 Å². The SMILES string of the molecule is C=CCCC/C=C/NC(=O)[C@@H](NC(=O)[C@@H]1[C@@H](Oc2ccc(OC)c(C=C)c2)CCN1C(=O)OC(C)(C)C)[C@@H](C)CC. The number of likely N-dealkylation sites (tertiary alicyclic amines) is 1. The number of hydrogen-bond donors (Lipinski definition) is 2. The van der Waals surface area contributed by atoms with Crippen molar-refractivity contribution in [3.63, 3.8) is 0 Å². The van der Waals surface area contributed by atoms with Crippen LogP contribution in [0.5, 0.6) is 11.5 Å². The summed E-state index contributed by atoms with van der Waals surface area (Å²) in [5.41, 5.74) is -0.0117. The van der Waals surface area contributed by atoms with Crippen LogP contribution in [0, 0.1) is 5.92 Å². The molecule has 0 radical (unpaired) electrons. The zero-order valence-corrected chi connectivity index (χ0v) is 25.4. The first-order valence-electron chi connectivity index (χ1n) is 14.3. The molecule has 0 unspecified atom stereocenters. The Morgan fingerprint density at radius 1 is 1.20 bits per heavy atom. The molecular formula is C32H47N3O6. The van der Waals surface area contributed by atoms with Crippen molar-refractivity contribution in [3.05, 3.63) is 55.3 Å². The monoisotopic (exact) mass is 569 g/mol. The number of carbonyl (C=O) groups excluding carboxylic acids is 3. The number of benzene rings is 1. The van der Waals surface area contributed by atoms with Crippen LogP contribution >= 0.6 is 0 Å². The lowest BCUT2D eigenvalue weighted by atomic mass is 9.97. The van der Waals surface area contributed by atoms with Crippen molar-refractivity contribution in [1.82, 2.24) is 15.5 Å². The van der Waals surface area contributed by atoms with Crippen LogP contribution in [0.1, 0.15) is 72.3 Å². The molecule has 3 amide bonds. The number of hydrogen-bond acceptors (Lipinski definition) is 6. The number of methoxy groups -OCH3 is 1. The lowest BCUT2D eigenvalue weighted by molar-refractivity contribution is -0.133. The van der Waals surface area contributed by atoms with Crippen molar-refractivity contribution in [1.29, 1.82) is 0 Å². The molecule has 226 valence electrons. The highest BCUT2D eigenvalue weighted by Crippen LogP contribution is 2.30. The Balaban J connectivity index is 2.30. The topological polar surface area (TPSA) is 106 Å². The Hall–Kier alpha value is -3.75. The second-order valence-electron chi connectivity index (χ2n) is 11.2. The molecule has 1 aliphatic rings. The van der Waals surface area contributed by atoms with Crippen LogP contribution in [0.3, 0.4) is 0 Å². The van der Waals surface area contributed by atoms with Crippen LogP contribution in [0.2, 0.25) is 0 Å². The van der Waals surface area contributed by atoms with Crippen molar-refractivity contribution >= 4 is 24.0 Å². The number of carbonyl (C=O) groups is 3. The van der Waals surface area contributed by atoms with Crippen LogP contribution in [0.15, 0.2) is 49.7 Å². The highest BCUT2D eigenvalue weighted by Gasteiger charge is 2.46. The van der Waals surface area contributed by atoms with Gasteiger partial charge in [0.05, 0.1) is 7.11 Å². The Morgan fingerprint density at radius 3 is 2.54 bits per heavy atom. The van der Waals surface area contributed by atoms with Crippen LogP contribution in [0.4, 0.5) is 4.79 Å². The van der Waals surface area contributed by atoms with E-state index in [0.717, 1.165) is 24.8 Å². The summed E-state index contributed by atoms with van der Waals surface area (Å²) in [7, 11) is 1.57. The summed E-state index contributed by atoms with van der Waals surface area (Å²) in [6, 6.07) is 3.46. The van der Waals surface area contributed by atoms with Gasteiger partial charge in [-0.15, -0.1) is 6.58 Å². The summed E-state index contributed by atoms with van der Waals surface area (Å²) in [6.07, 6.45) is 9.43. The summed E-state index contributed by atoms with van der Waals surface area (Å²) in [5, 5.41) is 5.70. The Kier molecular flexibility index (Phi) is 13.0. The molecule has 0 saturated carbocycles. The van der Waals surface area contributed by atoms with Gasteiger partial charge in [0.1, 0.15) is 29.2 Å². The van der Waals surface area contributed by atoms with E-state index in [-0.39, 0.29) is 18.4 Å². The van der Waals surface area contributed by atoms with Gasteiger partial charge in [0.25, 0.3) is 0 Å². The summed E-state index contributed by atoms with van der Waals surface area (Å²) in [6.45, 7) is 17.0. The van der Waals surface area contributed by atoms with Gasteiger partial charge in [-0.25, -0.2) is 4.79 Å². The molecular weight excluding hydrogens is 522 g/mol. The van der Waals surface area contributed by atoms with Crippen LogP contribution in [0.25, 0.3) is 6.08 Å². The lowest BCUT2D eigenvalue weighted by Crippen LogP contribution is -2.57. The van der Waals surface area contributed by atoms with E-state index in [4.69, 9.17) is 14.2 Å². The molecule has 9 nitrogen and oxygen atoms in total. The van der Waals surface area contributed by atoms with E-state index in [9.17, 15) is 14.4 Å². The molecule has 1 fully saturated rings. The summed E-state index contributed by atoms with van der Waals surface area (Å²) < 4.78 is 17.2. The second-order valence-corrected chi connectivity index (χ2v) is 11.2. The van der Waals surface area contributed by atoms with Gasteiger partial charge in [-0.2, -0.15) is 0 Å². The normalized spacial score (nSPS) is 18.3. The van der Waals surface area contributed by atoms with Gasteiger partial charge in [-0.1, -0.05) is 45.1 Å². The predicted molar refractivity (Wildman–Crippen MR) is 162 cm³/mol. The van der Waals surface area contributed by atoms with Crippen LogP contribution < -0.4 is 20.1 Å². The van der Waals surface area contributed by atoms with Gasteiger partial charge in [0, 0.05) is 18.5 Å². The Bertz CT molecular complexity index is 1090. The van der Waals surface area contributed by atoms with Crippen molar-refractivity contribution in [2.24, 2.45) is 5.92 Å². The zero-order valence-electron chi connectivity index (χ0n) is 25.4. The third kappa shape index (κ3) is 9.99. The van der Waals surface area contributed by atoms with Gasteiger partial charge in [-0.05, 0) is 70.4 Å². The first kappa shape index (κ1) is 33.5. The van der Waals surface area contributed by atoms with E-state index >= 15 is 0 Å². The maximum absolute atomic E-state index is 13.8. The summed E-state index contributed by atoms with van der Waals surface area (Å²) >= 11 is 0. The maximum Gasteiger partial charge on any atom is 0.411 e. The number of rotatable bonds is 14. The number of nitrogens with zero attached hydrogens (tertiary/aromatic N) is 1.